The maximum absolute atomic E-state index is 14.0. The normalized spacial score (nSPS) is 32.1. The van der Waals surface area contributed by atoms with Crippen LogP contribution in [-0.2, 0) is 14.4 Å². The lowest BCUT2D eigenvalue weighted by Crippen LogP contribution is -2.61. The standard InChI is InChI=1S/C28H40F2N6O4/c1-25(2,3)20(33-24(40)35-9-8-28(29,30)14-35)23(39)36-13-17-18(26(17,4)5)19(36)22(38)32-16(12-31)10-15-11-27(6-7-27)34-21(15)37/h15-20H,6-11,13-14H2,1-5H3,(H,32,38)(H,33,40)(H,34,37)/t15-,16+,17?,18?,19?,20-/m1/s1. The second kappa shape index (κ2) is 9.28. The number of nitriles is 1. The minimum absolute atomic E-state index is 0.0802. The van der Waals surface area contributed by atoms with Crippen molar-refractivity contribution in [1.29, 1.82) is 5.26 Å². The summed E-state index contributed by atoms with van der Waals surface area (Å²) in [6, 6.07) is -1.39. The van der Waals surface area contributed by atoms with Crippen molar-refractivity contribution in [3.05, 3.63) is 0 Å². The number of rotatable bonds is 6. The van der Waals surface area contributed by atoms with Crippen molar-refractivity contribution >= 4 is 23.8 Å². The summed E-state index contributed by atoms with van der Waals surface area (Å²) < 4.78 is 27.5. The summed E-state index contributed by atoms with van der Waals surface area (Å²) in [6.45, 7) is 8.92. The number of amides is 5. The highest BCUT2D eigenvalue weighted by atomic mass is 19.3. The fraction of sp³-hybridized carbons (Fsp3) is 0.821. The van der Waals surface area contributed by atoms with E-state index in [2.05, 4.69) is 22.0 Å². The van der Waals surface area contributed by atoms with Gasteiger partial charge in [-0.15, -0.1) is 0 Å². The third-order valence-electron chi connectivity index (χ3n) is 9.84. The Bertz CT molecular complexity index is 1160. The summed E-state index contributed by atoms with van der Waals surface area (Å²) in [7, 11) is 0. The lowest BCUT2D eigenvalue weighted by molar-refractivity contribution is -0.144. The van der Waals surface area contributed by atoms with Crippen LogP contribution in [0.2, 0.25) is 0 Å². The second-order valence-electron chi connectivity index (χ2n) is 14.3. The highest BCUT2D eigenvalue weighted by molar-refractivity contribution is 5.94. The molecule has 3 aliphatic heterocycles. The summed E-state index contributed by atoms with van der Waals surface area (Å²) >= 11 is 0. The molecule has 5 amide bonds. The van der Waals surface area contributed by atoms with Gasteiger partial charge < -0.3 is 25.8 Å². The SMILES string of the molecule is CC1(C)C2CN(C(=O)[C@@H](NC(=O)N3CCC(F)(F)C3)C(C)(C)C)C(C(=O)N[C@H](C#N)C[C@@H]3CC4(CC4)NC3=O)C21. The first-order valence-electron chi connectivity index (χ1n) is 14.2. The van der Waals surface area contributed by atoms with Crippen LogP contribution in [-0.4, -0.2) is 82.8 Å². The molecule has 0 aromatic carbocycles. The molecule has 5 rings (SSSR count). The topological polar surface area (TPSA) is 135 Å². The second-order valence-corrected chi connectivity index (χ2v) is 14.3. The van der Waals surface area contributed by atoms with E-state index >= 15 is 0 Å². The molecule has 3 heterocycles. The van der Waals surface area contributed by atoms with E-state index in [4.69, 9.17) is 0 Å². The molecule has 5 aliphatic rings. The van der Waals surface area contributed by atoms with Crippen molar-refractivity contribution in [3.63, 3.8) is 0 Å². The number of likely N-dealkylation sites (tertiary alicyclic amines) is 2. The zero-order valence-electron chi connectivity index (χ0n) is 23.9. The van der Waals surface area contributed by atoms with E-state index in [0.717, 1.165) is 17.7 Å². The van der Waals surface area contributed by atoms with Crippen LogP contribution in [0.4, 0.5) is 13.6 Å². The lowest BCUT2D eigenvalue weighted by atomic mass is 9.85. The Morgan fingerprint density at radius 3 is 2.38 bits per heavy atom. The van der Waals surface area contributed by atoms with Gasteiger partial charge in [0.2, 0.25) is 17.7 Å². The van der Waals surface area contributed by atoms with Gasteiger partial charge in [0, 0.05) is 31.0 Å². The van der Waals surface area contributed by atoms with Gasteiger partial charge in [0.05, 0.1) is 12.6 Å². The first-order valence-corrected chi connectivity index (χ1v) is 14.2. The minimum atomic E-state index is -2.96. The predicted molar refractivity (Wildman–Crippen MR) is 140 cm³/mol. The smallest absolute Gasteiger partial charge is 0.318 e. The van der Waals surface area contributed by atoms with Crippen LogP contribution < -0.4 is 16.0 Å². The monoisotopic (exact) mass is 562 g/mol. The molecule has 220 valence electrons. The van der Waals surface area contributed by atoms with Gasteiger partial charge in [-0.25, -0.2) is 13.6 Å². The predicted octanol–water partition coefficient (Wildman–Crippen LogP) is 2.00. The van der Waals surface area contributed by atoms with E-state index in [-0.39, 0.29) is 47.6 Å². The molecular formula is C28H40F2N6O4. The summed E-state index contributed by atoms with van der Waals surface area (Å²) in [5.41, 5.74) is -1.07. The quantitative estimate of drug-likeness (QED) is 0.455. The third-order valence-corrected chi connectivity index (χ3v) is 9.84. The number of nitrogens with one attached hydrogen (secondary N) is 3. The van der Waals surface area contributed by atoms with E-state index in [0.29, 0.717) is 13.0 Å². The van der Waals surface area contributed by atoms with Crippen LogP contribution in [0.1, 0.15) is 66.7 Å². The first-order chi connectivity index (χ1) is 18.5. The van der Waals surface area contributed by atoms with Crippen LogP contribution >= 0.6 is 0 Å². The lowest BCUT2D eigenvalue weighted by Gasteiger charge is -2.38. The number of carbonyl (C=O) groups is 4. The van der Waals surface area contributed by atoms with E-state index < -0.39 is 60.3 Å². The number of piperidine rings is 1. The minimum Gasteiger partial charge on any atom is -0.350 e. The molecule has 0 radical (unpaired) electrons. The zero-order chi connectivity index (χ0) is 29.4. The molecule has 10 nitrogen and oxygen atoms in total. The average molecular weight is 563 g/mol. The van der Waals surface area contributed by atoms with Gasteiger partial charge in [-0.1, -0.05) is 34.6 Å². The molecule has 0 bridgehead atoms. The van der Waals surface area contributed by atoms with Gasteiger partial charge in [0.25, 0.3) is 5.92 Å². The van der Waals surface area contributed by atoms with Crippen LogP contribution in [0.5, 0.6) is 0 Å². The number of nitrogens with zero attached hydrogens (tertiary/aromatic N) is 3. The van der Waals surface area contributed by atoms with Crippen molar-refractivity contribution < 1.29 is 28.0 Å². The number of fused-ring (bicyclic) bond motifs is 1. The summed E-state index contributed by atoms with van der Waals surface area (Å²) in [6.07, 6.45) is 2.30. The van der Waals surface area contributed by atoms with E-state index in [1.165, 1.54) is 4.90 Å². The third kappa shape index (κ3) is 5.12. The maximum Gasteiger partial charge on any atom is 0.318 e. The van der Waals surface area contributed by atoms with E-state index in [9.17, 15) is 33.2 Å². The van der Waals surface area contributed by atoms with Crippen LogP contribution in [0.25, 0.3) is 0 Å². The summed E-state index contributed by atoms with van der Waals surface area (Å²) in [5, 5.41) is 18.3. The molecule has 40 heavy (non-hydrogen) atoms. The number of hydrogen-bond acceptors (Lipinski definition) is 5. The van der Waals surface area contributed by atoms with Gasteiger partial charge in [0.15, 0.2) is 0 Å². The van der Waals surface area contributed by atoms with Gasteiger partial charge in [0.1, 0.15) is 18.1 Å². The number of hydrogen-bond donors (Lipinski definition) is 3. The Morgan fingerprint density at radius 1 is 1.18 bits per heavy atom. The Morgan fingerprint density at radius 2 is 1.85 bits per heavy atom. The fourth-order valence-corrected chi connectivity index (χ4v) is 7.09. The molecule has 1 spiro atoms. The fourth-order valence-electron chi connectivity index (χ4n) is 7.09. The molecule has 0 aromatic rings. The largest absolute Gasteiger partial charge is 0.350 e. The highest BCUT2D eigenvalue weighted by Gasteiger charge is 2.70. The summed E-state index contributed by atoms with van der Waals surface area (Å²) in [4.78, 5) is 55.5. The molecule has 5 fully saturated rings. The molecule has 6 atom stereocenters. The number of urea groups is 1. The molecule has 3 unspecified atom stereocenters. The van der Waals surface area contributed by atoms with Crippen molar-refractivity contribution in [2.75, 3.05) is 19.6 Å². The van der Waals surface area contributed by atoms with Gasteiger partial charge in [-0.05, 0) is 48.3 Å². The molecule has 2 saturated carbocycles. The van der Waals surface area contributed by atoms with Crippen molar-refractivity contribution in [3.8, 4) is 6.07 Å². The van der Waals surface area contributed by atoms with Crippen molar-refractivity contribution in [2.24, 2.45) is 28.6 Å². The van der Waals surface area contributed by atoms with Crippen LogP contribution in [0.15, 0.2) is 0 Å². The van der Waals surface area contributed by atoms with Crippen LogP contribution in [0.3, 0.4) is 0 Å². The molecule has 3 saturated heterocycles. The zero-order valence-corrected chi connectivity index (χ0v) is 23.9. The molecule has 0 aromatic heterocycles. The molecule has 12 heteroatoms. The van der Waals surface area contributed by atoms with Crippen molar-refractivity contribution in [2.45, 2.75) is 96.3 Å². The van der Waals surface area contributed by atoms with E-state index in [1.54, 1.807) is 20.8 Å². The van der Waals surface area contributed by atoms with Gasteiger partial charge in [-0.2, -0.15) is 5.26 Å². The highest BCUT2D eigenvalue weighted by Crippen LogP contribution is 2.65. The van der Waals surface area contributed by atoms with E-state index in [1.807, 2.05) is 13.8 Å². The Kier molecular flexibility index (Phi) is 6.62. The van der Waals surface area contributed by atoms with Gasteiger partial charge >= 0.3 is 6.03 Å². The Balaban J connectivity index is 1.30. The molecular weight excluding hydrogens is 522 g/mol. The number of carbonyl (C=O) groups excluding carboxylic acids is 4. The van der Waals surface area contributed by atoms with Crippen LogP contribution in [0, 0.1) is 39.9 Å². The number of alkyl halides is 2. The first kappa shape index (κ1) is 28.6. The maximum atomic E-state index is 14.0. The van der Waals surface area contributed by atoms with Crippen molar-refractivity contribution in [1.82, 2.24) is 25.8 Å². The van der Waals surface area contributed by atoms with Gasteiger partial charge in [-0.3, -0.25) is 14.4 Å². The Labute approximate surface area is 233 Å². The molecule has 3 N–H and O–H groups in total. The molecule has 2 aliphatic carbocycles. The number of halogens is 2. The average Bonchev–Trinajstić information content (AvgIpc) is 3.45. The Hall–Kier alpha value is -2.97. The summed E-state index contributed by atoms with van der Waals surface area (Å²) in [5.74, 6) is -4.33.